The largest absolute Gasteiger partial charge is 0.493 e. The van der Waals surface area contributed by atoms with E-state index < -0.39 is 12.1 Å². The Morgan fingerprint density at radius 2 is 1.89 bits per heavy atom. The molecule has 8 heteroatoms. The normalized spacial score (nSPS) is 11.6. The number of pyridine rings is 1. The molecule has 0 aliphatic rings. The van der Waals surface area contributed by atoms with E-state index in [2.05, 4.69) is 19.6 Å². The van der Waals surface area contributed by atoms with Crippen LogP contribution in [0.2, 0.25) is 0 Å². The number of alkyl halides is 3. The molecule has 0 aliphatic carbocycles. The van der Waals surface area contributed by atoms with Crippen molar-refractivity contribution in [3.63, 3.8) is 0 Å². The van der Waals surface area contributed by atoms with Gasteiger partial charge in [0.05, 0.1) is 6.61 Å². The highest BCUT2D eigenvalue weighted by Gasteiger charge is 2.38. The number of hydrogen-bond donors (Lipinski definition) is 0. The van der Waals surface area contributed by atoms with E-state index in [-0.39, 0.29) is 5.82 Å². The first-order valence-corrected chi connectivity index (χ1v) is 8.39. The van der Waals surface area contributed by atoms with Gasteiger partial charge in [-0.05, 0) is 61.6 Å². The zero-order valence-corrected chi connectivity index (χ0v) is 14.9. The monoisotopic (exact) mass is 377 g/mol. The van der Waals surface area contributed by atoms with Gasteiger partial charge in [0.25, 0.3) is 0 Å². The molecule has 0 saturated heterocycles. The summed E-state index contributed by atoms with van der Waals surface area (Å²) in [5.74, 6) is -0.746. The average molecular weight is 377 g/mol. The van der Waals surface area contributed by atoms with Gasteiger partial charge in [-0.15, -0.1) is 0 Å². The van der Waals surface area contributed by atoms with Crippen LogP contribution in [0.3, 0.4) is 0 Å². The number of benzene rings is 1. The summed E-state index contributed by atoms with van der Waals surface area (Å²) in [5, 5.41) is 3.42. The summed E-state index contributed by atoms with van der Waals surface area (Å²) in [7, 11) is 0. The average Bonchev–Trinajstić information content (AvgIpc) is 3.12. The van der Waals surface area contributed by atoms with Crippen LogP contribution < -0.4 is 4.74 Å². The van der Waals surface area contributed by atoms with Gasteiger partial charge in [-0.2, -0.15) is 18.2 Å². The van der Waals surface area contributed by atoms with Crippen LogP contribution in [0.4, 0.5) is 13.2 Å². The maximum atomic E-state index is 12.6. The summed E-state index contributed by atoms with van der Waals surface area (Å²) in [6.07, 6.45) is 0.576. The van der Waals surface area contributed by atoms with Gasteiger partial charge in [0.1, 0.15) is 5.75 Å². The molecular weight excluding hydrogens is 359 g/mol. The van der Waals surface area contributed by atoms with Crippen molar-refractivity contribution in [2.75, 3.05) is 6.61 Å². The third-order valence-corrected chi connectivity index (χ3v) is 3.97. The molecule has 1 aromatic carbocycles. The Kier molecular flexibility index (Phi) is 5.43. The summed E-state index contributed by atoms with van der Waals surface area (Å²) < 4.78 is 48.0. The number of hydrogen-bond acceptors (Lipinski definition) is 5. The Morgan fingerprint density at radius 1 is 1.15 bits per heavy atom. The van der Waals surface area contributed by atoms with Crippen LogP contribution in [0.1, 0.15) is 29.0 Å². The standard InChI is InChI=1S/C19H18F3N3O2/c1-12-9-15(17-24-18(27-25-17)19(20,21)22)10-13(2)16(12)26-8-4-6-14-5-3-7-23-11-14/h3,5,7,9-11H,4,6,8H2,1-2H3. The number of ether oxygens (including phenoxy) is 1. The quantitative estimate of drug-likeness (QED) is 0.579. The Morgan fingerprint density at radius 3 is 2.48 bits per heavy atom. The fraction of sp³-hybridized carbons (Fsp3) is 0.316. The van der Waals surface area contributed by atoms with E-state index in [1.807, 2.05) is 32.2 Å². The van der Waals surface area contributed by atoms with Crippen LogP contribution in [0, 0.1) is 13.8 Å². The number of halogens is 3. The van der Waals surface area contributed by atoms with Crippen molar-refractivity contribution in [2.45, 2.75) is 32.9 Å². The third-order valence-electron chi connectivity index (χ3n) is 3.97. The SMILES string of the molecule is Cc1cc(-c2noc(C(F)(F)F)n2)cc(C)c1OCCCc1cccnc1. The van der Waals surface area contributed by atoms with Gasteiger partial charge in [0.2, 0.25) is 5.82 Å². The number of rotatable bonds is 6. The number of aryl methyl sites for hydroxylation is 3. The van der Waals surface area contributed by atoms with Crippen LogP contribution in [-0.2, 0) is 12.6 Å². The molecule has 0 bridgehead atoms. The predicted octanol–water partition coefficient (Wildman–Crippen LogP) is 4.78. The molecule has 0 amide bonds. The third kappa shape index (κ3) is 4.64. The fourth-order valence-electron chi connectivity index (χ4n) is 2.76. The minimum absolute atomic E-state index is 0.100. The van der Waals surface area contributed by atoms with Crippen molar-refractivity contribution < 1.29 is 22.4 Å². The molecule has 0 unspecified atom stereocenters. The van der Waals surface area contributed by atoms with E-state index in [0.29, 0.717) is 17.9 Å². The molecule has 142 valence electrons. The van der Waals surface area contributed by atoms with Crippen LogP contribution in [0.5, 0.6) is 5.75 Å². The molecule has 5 nitrogen and oxygen atoms in total. The molecule has 0 aliphatic heterocycles. The smallest absolute Gasteiger partial charge is 0.471 e. The lowest BCUT2D eigenvalue weighted by Gasteiger charge is -2.13. The van der Waals surface area contributed by atoms with E-state index in [1.54, 1.807) is 18.3 Å². The molecule has 0 fully saturated rings. The van der Waals surface area contributed by atoms with Gasteiger partial charge < -0.3 is 9.26 Å². The van der Waals surface area contributed by atoms with Crippen molar-refractivity contribution in [3.8, 4) is 17.1 Å². The molecule has 0 radical (unpaired) electrons. The van der Waals surface area contributed by atoms with Crippen molar-refractivity contribution >= 4 is 0 Å². The van der Waals surface area contributed by atoms with Crippen LogP contribution in [0.15, 0.2) is 41.2 Å². The van der Waals surface area contributed by atoms with Crippen molar-refractivity contribution in [1.82, 2.24) is 15.1 Å². The minimum Gasteiger partial charge on any atom is -0.493 e. The fourth-order valence-corrected chi connectivity index (χ4v) is 2.76. The second-order valence-electron chi connectivity index (χ2n) is 6.17. The van der Waals surface area contributed by atoms with E-state index in [4.69, 9.17) is 4.74 Å². The maximum Gasteiger partial charge on any atom is 0.471 e. The number of aromatic nitrogens is 3. The number of nitrogens with zero attached hydrogens (tertiary/aromatic N) is 3. The first kappa shape index (κ1) is 18.9. The van der Waals surface area contributed by atoms with Crippen molar-refractivity contribution in [1.29, 1.82) is 0 Å². The molecule has 27 heavy (non-hydrogen) atoms. The van der Waals surface area contributed by atoms with E-state index in [1.165, 1.54) is 0 Å². The van der Waals surface area contributed by atoms with Gasteiger partial charge in [-0.1, -0.05) is 11.2 Å². The highest BCUT2D eigenvalue weighted by atomic mass is 19.4. The summed E-state index contributed by atoms with van der Waals surface area (Å²) in [6, 6.07) is 7.28. The van der Waals surface area contributed by atoms with Crippen molar-refractivity contribution in [2.24, 2.45) is 0 Å². The second kappa shape index (κ2) is 7.77. The Labute approximate surface area is 154 Å². The summed E-state index contributed by atoms with van der Waals surface area (Å²) in [4.78, 5) is 7.50. The maximum absolute atomic E-state index is 12.6. The summed E-state index contributed by atoms with van der Waals surface area (Å²) >= 11 is 0. The van der Waals surface area contributed by atoms with E-state index in [0.717, 1.165) is 29.5 Å². The molecule has 3 rings (SSSR count). The zero-order chi connectivity index (χ0) is 19.4. The highest BCUT2D eigenvalue weighted by Crippen LogP contribution is 2.32. The van der Waals surface area contributed by atoms with E-state index >= 15 is 0 Å². The molecule has 0 N–H and O–H groups in total. The Balaban J connectivity index is 1.67. The molecule has 0 atom stereocenters. The lowest BCUT2D eigenvalue weighted by Crippen LogP contribution is -2.05. The first-order valence-electron chi connectivity index (χ1n) is 8.39. The summed E-state index contributed by atoms with van der Waals surface area (Å²) in [6.45, 7) is 4.19. The van der Waals surface area contributed by atoms with Gasteiger partial charge in [0.15, 0.2) is 0 Å². The van der Waals surface area contributed by atoms with Gasteiger partial charge >= 0.3 is 12.1 Å². The van der Waals surface area contributed by atoms with Crippen LogP contribution >= 0.6 is 0 Å². The molecule has 2 heterocycles. The van der Waals surface area contributed by atoms with E-state index in [9.17, 15) is 13.2 Å². The second-order valence-corrected chi connectivity index (χ2v) is 6.17. The van der Waals surface area contributed by atoms with Gasteiger partial charge in [0, 0.05) is 18.0 Å². The predicted molar refractivity (Wildman–Crippen MR) is 92.3 cm³/mol. The molecular formula is C19H18F3N3O2. The lowest BCUT2D eigenvalue weighted by atomic mass is 10.1. The Bertz CT molecular complexity index is 885. The van der Waals surface area contributed by atoms with Gasteiger partial charge in [-0.25, -0.2) is 0 Å². The highest BCUT2D eigenvalue weighted by molar-refractivity contribution is 5.61. The Hall–Kier alpha value is -2.90. The lowest BCUT2D eigenvalue weighted by molar-refractivity contribution is -0.159. The molecule has 0 saturated carbocycles. The van der Waals surface area contributed by atoms with Crippen LogP contribution in [-0.4, -0.2) is 21.7 Å². The zero-order valence-electron chi connectivity index (χ0n) is 14.9. The molecule has 2 aromatic heterocycles. The summed E-state index contributed by atoms with van der Waals surface area (Å²) in [5.41, 5.74) is 3.18. The van der Waals surface area contributed by atoms with Crippen molar-refractivity contribution in [3.05, 3.63) is 59.2 Å². The first-order chi connectivity index (χ1) is 12.8. The minimum atomic E-state index is -4.66. The van der Waals surface area contributed by atoms with Gasteiger partial charge in [-0.3, -0.25) is 4.98 Å². The van der Waals surface area contributed by atoms with Crippen LogP contribution in [0.25, 0.3) is 11.4 Å². The molecule has 0 spiro atoms. The topological polar surface area (TPSA) is 61.0 Å². The molecule has 3 aromatic rings.